The van der Waals surface area contributed by atoms with Crippen molar-refractivity contribution in [3.05, 3.63) is 29.1 Å². The molecule has 0 aliphatic carbocycles. The van der Waals surface area contributed by atoms with Gasteiger partial charge in [-0.2, -0.15) is 0 Å². The van der Waals surface area contributed by atoms with E-state index in [2.05, 4.69) is 5.32 Å². The van der Waals surface area contributed by atoms with E-state index < -0.39 is 23.7 Å². The quantitative estimate of drug-likeness (QED) is 0.626. The number of rotatable bonds is 3. The number of halogens is 1. The molecule has 1 aromatic rings. The van der Waals surface area contributed by atoms with Crippen molar-refractivity contribution in [1.29, 1.82) is 0 Å². The molecule has 130 valence electrons. The Morgan fingerprint density at radius 3 is 2.64 bits per heavy atom. The molecule has 3 amide bonds. The third-order valence-electron chi connectivity index (χ3n) is 5.05. The molecule has 1 unspecified atom stereocenters. The molecule has 2 saturated heterocycles. The van der Waals surface area contributed by atoms with Crippen LogP contribution in [0.5, 0.6) is 0 Å². The molecule has 4 rings (SSSR count). The minimum Gasteiger partial charge on any atom is -0.370 e. The molecule has 3 aliphatic rings. The van der Waals surface area contributed by atoms with Gasteiger partial charge in [0, 0.05) is 42.2 Å². The van der Waals surface area contributed by atoms with Gasteiger partial charge in [0.1, 0.15) is 18.1 Å². The van der Waals surface area contributed by atoms with Crippen LogP contribution in [0, 0.1) is 11.7 Å². The maximum Gasteiger partial charge on any atom is 0.255 e. The van der Waals surface area contributed by atoms with Crippen LogP contribution in [0.1, 0.15) is 28.8 Å². The first-order chi connectivity index (χ1) is 12.0. The van der Waals surface area contributed by atoms with Crippen molar-refractivity contribution in [2.45, 2.75) is 25.4 Å². The van der Waals surface area contributed by atoms with Crippen LogP contribution in [-0.4, -0.2) is 48.0 Å². The molecule has 0 saturated carbocycles. The number of carbonyl (C=O) groups excluding carboxylic acids is 4. The number of amides is 3. The Hall–Kier alpha value is -2.77. The first kappa shape index (κ1) is 15.7. The average Bonchev–Trinajstić information content (AvgIpc) is 2.84. The van der Waals surface area contributed by atoms with Gasteiger partial charge in [-0.1, -0.05) is 0 Å². The van der Waals surface area contributed by atoms with Crippen LogP contribution in [0.3, 0.4) is 0 Å². The van der Waals surface area contributed by atoms with Gasteiger partial charge in [-0.25, -0.2) is 4.39 Å². The fourth-order valence-corrected chi connectivity index (χ4v) is 3.59. The summed E-state index contributed by atoms with van der Waals surface area (Å²) >= 11 is 0. The number of nitrogens with zero attached hydrogens (tertiary/aromatic N) is 2. The van der Waals surface area contributed by atoms with Crippen LogP contribution in [0.15, 0.2) is 12.1 Å². The van der Waals surface area contributed by atoms with Gasteiger partial charge in [0.25, 0.3) is 5.91 Å². The molecule has 7 nitrogen and oxygen atoms in total. The fourth-order valence-electron chi connectivity index (χ4n) is 3.59. The summed E-state index contributed by atoms with van der Waals surface area (Å²) in [6.07, 6.45) is 1.27. The number of fused-ring (bicyclic) bond motifs is 1. The van der Waals surface area contributed by atoms with Crippen LogP contribution in [-0.2, 0) is 20.9 Å². The zero-order chi connectivity index (χ0) is 17.7. The molecular weight excluding hydrogens is 329 g/mol. The first-order valence-electron chi connectivity index (χ1n) is 8.15. The normalized spacial score (nSPS) is 23.4. The second kappa shape index (κ2) is 5.65. The Morgan fingerprint density at radius 1 is 1.20 bits per heavy atom. The third-order valence-corrected chi connectivity index (χ3v) is 5.05. The molecule has 2 fully saturated rings. The predicted molar refractivity (Wildman–Crippen MR) is 84.2 cm³/mol. The molecule has 1 atom stereocenters. The van der Waals surface area contributed by atoms with Crippen LogP contribution in [0.2, 0.25) is 0 Å². The summed E-state index contributed by atoms with van der Waals surface area (Å²) in [7, 11) is 0. The van der Waals surface area contributed by atoms with E-state index in [-0.39, 0.29) is 42.3 Å². The summed E-state index contributed by atoms with van der Waals surface area (Å²) in [5.74, 6) is -1.84. The highest BCUT2D eigenvalue weighted by atomic mass is 19.1. The van der Waals surface area contributed by atoms with Crippen molar-refractivity contribution in [2.75, 3.05) is 18.0 Å². The molecule has 8 heteroatoms. The van der Waals surface area contributed by atoms with Crippen LogP contribution >= 0.6 is 0 Å². The molecule has 0 bridgehead atoms. The van der Waals surface area contributed by atoms with Crippen molar-refractivity contribution in [3.63, 3.8) is 0 Å². The summed E-state index contributed by atoms with van der Waals surface area (Å²) in [5, 5.41) is 2.22. The second-order valence-electron chi connectivity index (χ2n) is 6.65. The third kappa shape index (κ3) is 2.48. The monoisotopic (exact) mass is 345 g/mol. The number of aldehydes is 1. The molecule has 1 aromatic carbocycles. The SMILES string of the molecule is O=CC1CN(c2cc(F)c3c(c2)C(=O)N(C2CCC(=O)NC2=O)C3)C1. The zero-order valence-corrected chi connectivity index (χ0v) is 13.3. The van der Waals surface area contributed by atoms with Gasteiger partial charge < -0.3 is 14.6 Å². The van der Waals surface area contributed by atoms with Gasteiger partial charge in [0.2, 0.25) is 11.8 Å². The van der Waals surface area contributed by atoms with Crippen LogP contribution in [0.4, 0.5) is 10.1 Å². The fraction of sp³-hybridized carbons (Fsp3) is 0.412. The molecule has 0 spiro atoms. The van der Waals surface area contributed by atoms with Crippen LogP contribution in [0.25, 0.3) is 0 Å². The minimum absolute atomic E-state index is 0.0174. The van der Waals surface area contributed by atoms with Gasteiger partial charge in [0.05, 0.1) is 6.54 Å². The van der Waals surface area contributed by atoms with Crippen molar-refractivity contribution in [3.8, 4) is 0 Å². The van der Waals surface area contributed by atoms with Gasteiger partial charge in [-0.3, -0.25) is 19.7 Å². The van der Waals surface area contributed by atoms with E-state index in [1.165, 1.54) is 11.0 Å². The van der Waals surface area contributed by atoms with Crippen molar-refractivity contribution in [2.24, 2.45) is 5.92 Å². The minimum atomic E-state index is -0.760. The number of imide groups is 1. The molecule has 0 radical (unpaired) electrons. The molecule has 0 aromatic heterocycles. The Kier molecular flexibility index (Phi) is 3.55. The first-order valence-corrected chi connectivity index (χ1v) is 8.15. The lowest BCUT2D eigenvalue weighted by Crippen LogP contribution is -2.52. The van der Waals surface area contributed by atoms with Crippen LogP contribution < -0.4 is 10.2 Å². The van der Waals surface area contributed by atoms with Gasteiger partial charge >= 0.3 is 0 Å². The molecule has 25 heavy (non-hydrogen) atoms. The molecule has 3 heterocycles. The molecular formula is C17H16FN3O4. The Morgan fingerprint density at radius 2 is 1.96 bits per heavy atom. The van der Waals surface area contributed by atoms with E-state index in [9.17, 15) is 23.6 Å². The van der Waals surface area contributed by atoms with E-state index in [0.29, 0.717) is 18.8 Å². The number of anilines is 1. The highest BCUT2D eigenvalue weighted by molar-refractivity contribution is 6.05. The van der Waals surface area contributed by atoms with E-state index in [0.717, 1.165) is 6.29 Å². The topological polar surface area (TPSA) is 86.8 Å². The highest BCUT2D eigenvalue weighted by Crippen LogP contribution is 2.34. The number of benzene rings is 1. The summed E-state index contributed by atoms with van der Waals surface area (Å²) in [5.41, 5.74) is 1.08. The summed E-state index contributed by atoms with van der Waals surface area (Å²) < 4.78 is 14.5. The van der Waals surface area contributed by atoms with Crippen molar-refractivity contribution in [1.82, 2.24) is 10.2 Å². The lowest BCUT2D eigenvalue weighted by atomic mass is 9.99. The maximum absolute atomic E-state index is 14.5. The number of piperidine rings is 1. The standard InChI is InChI=1S/C17H16FN3O4/c18-13-4-10(20-5-9(6-20)8-22)3-11-12(13)7-21(17(11)25)14-1-2-15(23)19-16(14)24/h3-4,8-9,14H,1-2,5-7H2,(H,19,23,24). The number of hydrogen-bond acceptors (Lipinski definition) is 5. The zero-order valence-electron chi connectivity index (χ0n) is 13.3. The van der Waals surface area contributed by atoms with E-state index in [1.54, 1.807) is 6.07 Å². The summed E-state index contributed by atoms with van der Waals surface area (Å²) in [6.45, 7) is 1.03. The summed E-state index contributed by atoms with van der Waals surface area (Å²) in [6, 6.07) is 2.22. The Bertz CT molecular complexity index is 803. The second-order valence-corrected chi connectivity index (χ2v) is 6.65. The molecule has 3 aliphatic heterocycles. The molecule has 1 N–H and O–H groups in total. The largest absolute Gasteiger partial charge is 0.370 e. The van der Waals surface area contributed by atoms with Crippen molar-refractivity contribution >= 4 is 29.7 Å². The lowest BCUT2D eigenvalue weighted by Gasteiger charge is -2.38. The number of hydrogen-bond donors (Lipinski definition) is 1. The Labute approximate surface area is 142 Å². The van der Waals surface area contributed by atoms with E-state index in [1.807, 2.05) is 4.90 Å². The number of carbonyl (C=O) groups is 4. The Balaban J connectivity index is 1.59. The average molecular weight is 345 g/mol. The smallest absolute Gasteiger partial charge is 0.255 e. The van der Waals surface area contributed by atoms with Gasteiger partial charge in [-0.05, 0) is 18.6 Å². The van der Waals surface area contributed by atoms with Gasteiger partial charge in [0.15, 0.2) is 0 Å². The van der Waals surface area contributed by atoms with E-state index >= 15 is 0 Å². The highest BCUT2D eigenvalue weighted by Gasteiger charge is 2.41. The van der Waals surface area contributed by atoms with Crippen molar-refractivity contribution < 1.29 is 23.6 Å². The number of nitrogens with one attached hydrogen (secondary N) is 1. The van der Waals surface area contributed by atoms with E-state index in [4.69, 9.17) is 0 Å². The lowest BCUT2D eigenvalue weighted by molar-refractivity contribution is -0.136. The van der Waals surface area contributed by atoms with Gasteiger partial charge in [-0.15, -0.1) is 0 Å². The predicted octanol–water partition coefficient (Wildman–Crippen LogP) is 0.222. The maximum atomic E-state index is 14.5. The summed E-state index contributed by atoms with van der Waals surface area (Å²) in [4.78, 5) is 49.9.